The Hall–Kier alpha value is -0.610. The quantitative estimate of drug-likeness (QED) is 0.926. The highest BCUT2D eigenvalue weighted by atomic mass is 79.9. The molecule has 1 aromatic carbocycles. The van der Waals surface area contributed by atoms with Crippen molar-refractivity contribution in [2.75, 3.05) is 13.7 Å². The van der Waals surface area contributed by atoms with Gasteiger partial charge in [0.05, 0.1) is 11.6 Å². The summed E-state index contributed by atoms with van der Waals surface area (Å²) in [6.07, 6.45) is 2.96. The van der Waals surface area contributed by atoms with Gasteiger partial charge in [-0.1, -0.05) is 0 Å². The maximum atomic E-state index is 14.1. The number of aryl methyl sites for hydroxylation is 1. The van der Waals surface area contributed by atoms with Crippen molar-refractivity contribution in [2.45, 2.75) is 32.2 Å². The predicted octanol–water partition coefficient (Wildman–Crippen LogP) is 3.20. The molecule has 1 heterocycles. The smallest absolute Gasteiger partial charge is 0.144 e. The standard InChI is InChI=1S/C13H17BrFNO/c1-8-6-11(14)12(15)10(13(8)17-2)7-9-4-3-5-16-9/h6,9,16H,3-5,7H2,1-2H3. The van der Waals surface area contributed by atoms with Crippen LogP contribution in [0.5, 0.6) is 5.75 Å². The molecule has 4 heteroatoms. The predicted molar refractivity (Wildman–Crippen MR) is 70.1 cm³/mol. The molecule has 1 N–H and O–H groups in total. The Bertz CT molecular complexity index is 416. The fraction of sp³-hybridized carbons (Fsp3) is 0.538. The van der Waals surface area contributed by atoms with Crippen LogP contribution >= 0.6 is 15.9 Å². The van der Waals surface area contributed by atoms with Gasteiger partial charge in [0.2, 0.25) is 0 Å². The van der Waals surface area contributed by atoms with E-state index in [-0.39, 0.29) is 5.82 Å². The third kappa shape index (κ3) is 2.63. The minimum absolute atomic E-state index is 0.193. The van der Waals surface area contributed by atoms with E-state index in [9.17, 15) is 4.39 Å². The second-order valence-corrected chi connectivity index (χ2v) is 5.35. The molecule has 0 bridgehead atoms. The van der Waals surface area contributed by atoms with Gasteiger partial charge in [-0.15, -0.1) is 0 Å². The van der Waals surface area contributed by atoms with E-state index in [1.54, 1.807) is 13.2 Å². The molecule has 1 saturated heterocycles. The molecule has 17 heavy (non-hydrogen) atoms. The zero-order valence-electron chi connectivity index (χ0n) is 10.1. The van der Waals surface area contributed by atoms with Crippen LogP contribution in [0, 0.1) is 12.7 Å². The van der Waals surface area contributed by atoms with Crippen LogP contribution in [0.3, 0.4) is 0 Å². The highest BCUT2D eigenvalue weighted by molar-refractivity contribution is 9.10. The molecule has 94 valence electrons. The fourth-order valence-corrected chi connectivity index (χ4v) is 3.03. The third-order valence-electron chi connectivity index (χ3n) is 3.27. The SMILES string of the molecule is COc1c(C)cc(Br)c(F)c1CC1CCCN1. The summed E-state index contributed by atoms with van der Waals surface area (Å²) in [7, 11) is 1.60. The van der Waals surface area contributed by atoms with Gasteiger partial charge in [0.25, 0.3) is 0 Å². The summed E-state index contributed by atoms with van der Waals surface area (Å²) in [6, 6.07) is 2.13. The molecule has 2 rings (SSSR count). The molecule has 0 radical (unpaired) electrons. The molecule has 1 fully saturated rings. The molecule has 2 nitrogen and oxygen atoms in total. The Morgan fingerprint density at radius 3 is 2.94 bits per heavy atom. The van der Waals surface area contributed by atoms with E-state index in [1.165, 1.54) is 6.42 Å². The van der Waals surface area contributed by atoms with Crippen LogP contribution in [-0.2, 0) is 6.42 Å². The van der Waals surface area contributed by atoms with E-state index in [1.807, 2.05) is 6.92 Å². The number of rotatable bonds is 3. The van der Waals surface area contributed by atoms with Gasteiger partial charge in [-0.3, -0.25) is 0 Å². The Morgan fingerprint density at radius 1 is 1.59 bits per heavy atom. The summed E-state index contributed by atoms with van der Waals surface area (Å²) in [5.41, 5.74) is 1.65. The average Bonchev–Trinajstić information content (AvgIpc) is 2.78. The van der Waals surface area contributed by atoms with Crippen molar-refractivity contribution in [3.05, 3.63) is 27.5 Å². The molecule has 1 aliphatic heterocycles. The molecule has 0 saturated carbocycles. The van der Waals surface area contributed by atoms with Gasteiger partial charge in [0.15, 0.2) is 0 Å². The van der Waals surface area contributed by atoms with Crippen molar-refractivity contribution in [2.24, 2.45) is 0 Å². The molecular formula is C13H17BrFNO. The molecule has 1 unspecified atom stereocenters. The number of nitrogens with one attached hydrogen (secondary N) is 1. The lowest BCUT2D eigenvalue weighted by Crippen LogP contribution is -2.24. The Balaban J connectivity index is 2.35. The van der Waals surface area contributed by atoms with Crippen LogP contribution in [0.2, 0.25) is 0 Å². The summed E-state index contributed by atoms with van der Waals surface area (Å²) in [5, 5.41) is 3.39. The van der Waals surface area contributed by atoms with Crippen LogP contribution in [0.15, 0.2) is 10.5 Å². The van der Waals surface area contributed by atoms with E-state index in [0.717, 1.165) is 18.5 Å². The van der Waals surface area contributed by atoms with Gasteiger partial charge in [-0.2, -0.15) is 0 Å². The Kier molecular flexibility index (Phi) is 4.05. The normalized spacial score (nSPS) is 19.6. The van der Waals surface area contributed by atoms with E-state index < -0.39 is 0 Å². The monoisotopic (exact) mass is 301 g/mol. The first-order chi connectivity index (χ1) is 8.13. The summed E-state index contributed by atoms with van der Waals surface area (Å²) in [5.74, 6) is 0.487. The van der Waals surface area contributed by atoms with Gasteiger partial charge in [0.1, 0.15) is 11.6 Å². The topological polar surface area (TPSA) is 21.3 Å². The maximum Gasteiger partial charge on any atom is 0.144 e. The minimum Gasteiger partial charge on any atom is -0.496 e. The van der Waals surface area contributed by atoms with Gasteiger partial charge < -0.3 is 10.1 Å². The first kappa shape index (κ1) is 12.8. The first-order valence-corrected chi connectivity index (χ1v) is 6.67. The second kappa shape index (κ2) is 5.36. The Morgan fingerprint density at radius 2 is 2.35 bits per heavy atom. The van der Waals surface area contributed by atoms with Gasteiger partial charge in [-0.05, 0) is 60.3 Å². The van der Waals surface area contributed by atoms with Gasteiger partial charge in [-0.25, -0.2) is 4.39 Å². The van der Waals surface area contributed by atoms with Crippen molar-refractivity contribution in [3.8, 4) is 5.75 Å². The van der Waals surface area contributed by atoms with Crippen LogP contribution < -0.4 is 10.1 Å². The molecule has 1 aromatic rings. The third-order valence-corrected chi connectivity index (χ3v) is 3.84. The first-order valence-electron chi connectivity index (χ1n) is 5.88. The molecule has 0 amide bonds. The van der Waals surface area contributed by atoms with Gasteiger partial charge >= 0.3 is 0 Å². The minimum atomic E-state index is -0.193. The lowest BCUT2D eigenvalue weighted by Gasteiger charge is -2.17. The van der Waals surface area contributed by atoms with E-state index in [0.29, 0.717) is 28.2 Å². The molecular weight excluding hydrogens is 285 g/mol. The van der Waals surface area contributed by atoms with Gasteiger partial charge in [0, 0.05) is 11.6 Å². The summed E-state index contributed by atoms with van der Waals surface area (Å²) < 4.78 is 20.0. The maximum absolute atomic E-state index is 14.1. The average molecular weight is 302 g/mol. The lowest BCUT2D eigenvalue weighted by atomic mass is 10.0. The van der Waals surface area contributed by atoms with E-state index in [4.69, 9.17) is 4.74 Å². The molecule has 1 atom stereocenters. The molecule has 0 aromatic heterocycles. The number of halogens is 2. The number of hydrogen-bond donors (Lipinski definition) is 1. The van der Waals surface area contributed by atoms with Crippen molar-refractivity contribution < 1.29 is 9.13 Å². The van der Waals surface area contributed by atoms with Crippen LogP contribution in [-0.4, -0.2) is 19.7 Å². The fourth-order valence-electron chi connectivity index (χ4n) is 2.44. The Labute approximate surface area is 110 Å². The number of hydrogen-bond acceptors (Lipinski definition) is 2. The van der Waals surface area contributed by atoms with Crippen LogP contribution in [0.4, 0.5) is 4.39 Å². The van der Waals surface area contributed by atoms with Crippen molar-refractivity contribution in [1.29, 1.82) is 0 Å². The second-order valence-electron chi connectivity index (χ2n) is 4.50. The highest BCUT2D eigenvalue weighted by Gasteiger charge is 2.21. The summed E-state index contributed by atoms with van der Waals surface area (Å²) in [4.78, 5) is 0. The van der Waals surface area contributed by atoms with Crippen molar-refractivity contribution >= 4 is 15.9 Å². The number of methoxy groups -OCH3 is 1. The number of benzene rings is 1. The van der Waals surface area contributed by atoms with Crippen LogP contribution in [0.1, 0.15) is 24.0 Å². The summed E-state index contributed by atoms with van der Waals surface area (Å²) in [6.45, 7) is 2.97. The number of ether oxygens (including phenoxy) is 1. The van der Waals surface area contributed by atoms with E-state index >= 15 is 0 Å². The zero-order chi connectivity index (χ0) is 12.4. The summed E-state index contributed by atoms with van der Waals surface area (Å²) >= 11 is 3.26. The molecule has 0 aliphatic carbocycles. The lowest BCUT2D eigenvalue weighted by molar-refractivity contribution is 0.397. The molecule has 0 spiro atoms. The van der Waals surface area contributed by atoms with Crippen LogP contribution in [0.25, 0.3) is 0 Å². The van der Waals surface area contributed by atoms with Crippen molar-refractivity contribution in [3.63, 3.8) is 0 Å². The zero-order valence-corrected chi connectivity index (χ0v) is 11.7. The van der Waals surface area contributed by atoms with Crippen molar-refractivity contribution in [1.82, 2.24) is 5.32 Å². The van der Waals surface area contributed by atoms with E-state index in [2.05, 4.69) is 21.2 Å². The highest BCUT2D eigenvalue weighted by Crippen LogP contribution is 2.33. The largest absolute Gasteiger partial charge is 0.496 e. The molecule has 1 aliphatic rings.